The topological polar surface area (TPSA) is 105 Å². The molecular formula is C28H31F3N4O4. The van der Waals surface area contributed by atoms with Crippen molar-refractivity contribution in [2.45, 2.75) is 70.3 Å². The first kappa shape index (κ1) is 28.0. The molecule has 3 aromatic rings. The number of alkyl carbamates (subject to hydrolysis) is 1. The number of hydrogen-bond donors (Lipinski definition) is 3. The lowest BCUT2D eigenvalue weighted by atomic mass is 9.93. The Morgan fingerprint density at radius 3 is 2.13 bits per heavy atom. The number of amides is 2. The van der Waals surface area contributed by atoms with Gasteiger partial charge in [-0.1, -0.05) is 18.2 Å². The quantitative estimate of drug-likeness (QED) is 0.313. The molecule has 2 amide bonds. The van der Waals surface area contributed by atoms with E-state index in [2.05, 4.69) is 20.9 Å². The van der Waals surface area contributed by atoms with Gasteiger partial charge in [-0.25, -0.2) is 9.78 Å². The van der Waals surface area contributed by atoms with Crippen LogP contribution in [0.15, 0.2) is 59.0 Å². The Kier molecular flexibility index (Phi) is 8.17. The van der Waals surface area contributed by atoms with E-state index in [1.165, 1.54) is 0 Å². The summed E-state index contributed by atoms with van der Waals surface area (Å²) in [6, 6.07) is 14.9. The van der Waals surface area contributed by atoms with Gasteiger partial charge in [0.25, 0.3) is 5.91 Å². The zero-order valence-electron chi connectivity index (χ0n) is 21.9. The number of nitrogens with zero attached hydrogens (tertiary/aromatic N) is 1. The number of rotatable bonds is 6. The number of benzene rings is 2. The molecule has 0 aliphatic heterocycles. The van der Waals surface area contributed by atoms with Gasteiger partial charge in [0.05, 0.1) is 0 Å². The van der Waals surface area contributed by atoms with Crippen LogP contribution < -0.4 is 16.0 Å². The van der Waals surface area contributed by atoms with Crippen molar-refractivity contribution in [3.8, 4) is 11.5 Å². The summed E-state index contributed by atoms with van der Waals surface area (Å²) >= 11 is 0. The minimum Gasteiger partial charge on any atom is -0.446 e. The summed E-state index contributed by atoms with van der Waals surface area (Å²) in [4.78, 5) is 28.5. The molecule has 1 fully saturated rings. The van der Waals surface area contributed by atoms with E-state index in [-0.39, 0.29) is 23.6 Å². The van der Waals surface area contributed by atoms with Crippen LogP contribution in [0, 0.1) is 0 Å². The molecule has 0 spiro atoms. The first-order valence-corrected chi connectivity index (χ1v) is 12.7. The second-order valence-electron chi connectivity index (χ2n) is 10.5. The van der Waals surface area contributed by atoms with Crippen LogP contribution in [0.2, 0.25) is 0 Å². The van der Waals surface area contributed by atoms with Crippen LogP contribution in [-0.2, 0) is 10.9 Å². The maximum Gasteiger partial charge on any atom is 0.452 e. The Labute approximate surface area is 224 Å². The summed E-state index contributed by atoms with van der Waals surface area (Å²) in [5, 5.41) is 8.67. The van der Waals surface area contributed by atoms with E-state index in [1.807, 2.05) is 20.8 Å². The summed E-state index contributed by atoms with van der Waals surface area (Å²) in [5.41, 5.74) is 0.240. The molecule has 208 valence electrons. The molecule has 1 heterocycles. The number of carbonyl (C=O) groups is 2. The second-order valence-corrected chi connectivity index (χ2v) is 10.5. The molecule has 1 aliphatic rings. The highest BCUT2D eigenvalue weighted by molar-refractivity contribution is 6.04. The molecule has 11 heteroatoms. The van der Waals surface area contributed by atoms with E-state index in [0.717, 1.165) is 31.4 Å². The van der Waals surface area contributed by atoms with Crippen LogP contribution >= 0.6 is 0 Å². The van der Waals surface area contributed by atoms with Crippen LogP contribution in [0.5, 0.6) is 0 Å². The molecule has 3 N–H and O–H groups in total. The van der Waals surface area contributed by atoms with E-state index < -0.39 is 29.6 Å². The van der Waals surface area contributed by atoms with Crippen molar-refractivity contribution in [2.75, 3.05) is 10.6 Å². The number of alkyl halides is 3. The Morgan fingerprint density at radius 1 is 0.923 bits per heavy atom. The fourth-order valence-corrected chi connectivity index (χ4v) is 4.26. The number of halogens is 3. The van der Waals surface area contributed by atoms with Crippen molar-refractivity contribution < 1.29 is 31.9 Å². The number of anilines is 2. The SMILES string of the molecule is CC(C)(C)NC(=O)OC1CCC(Nc2ccc(NC(=O)c3nc(-c4ccccc4)oc3C(F)(F)F)cc2)CC1. The first-order valence-electron chi connectivity index (χ1n) is 12.7. The molecule has 0 unspecified atom stereocenters. The third-order valence-electron chi connectivity index (χ3n) is 6.06. The monoisotopic (exact) mass is 544 g/mol. The zero-order chi connectivity index (χ0) is 28.2. The third-order valence-corrected chi connectivity index (χ3v) is 6.06. The van der Waals surface area contributed by atoms with Crippen molar-refractivity contribution in [1.82, 2.24) is 10.3 Å². The van der Waals surface area contributed by atoms with Gasteiger partial charge in [-0.05, 0) is 82.9 Å². The van der Waals surface area contributed by atoms with Gasteiger partial charge in [-0.15, -0.1) is 0 Å². The summed E-state index contributed by atoms with van der Waals surface area (Å²) in [6.45, 7) is 5.67. The fourth-order valence-electron chi connectivity index (χ4n) is 4.26. The van der Waals surface area contributed by atoms with E-state index in [9.17, 15) is 22.8 Å². The number of ether oxygens (including phenoxy) is 1. The van der Waals surface area contributed by atoms with Crippen molar-refractivity contribution in [2.24, 2.45) is 0 Å². The molecule has 4 rings (SSSR count). The van der Waals surface area contributed by atoms with Crippen molar-refractivity contribution >= 4 is 23.4 Å². The minimum atomic E-state index is -4.89. The Balaban J connectivity index is 1.33. The third kappa shape index (κ3) is 7.75. The second kappa shape index (κ2) is 11.4. The predicted molar refractivity (Wildman–Crippen MR) is 140 cm³/mol. The van der Waals surface area contributed by atoms with Gasteiger partial charge in [-0.2, -0.15) is 13.2 Å². The van der Waals surface area contributed by atoms with Gasteiger partial charge < -0.3 is 25.1 Å². The normalized spacial score (nSPS) is 17.8. The van der Waals surface area contributed by atoms with Crippen molar-refractivity contribution in [1.29, 1.82) is 0 Å². The van der Waals surface area contributed by atoms with Crippen LogP contribution in [-0.4, -0.2) is 34.7 Å². The molecule has 39 heavy (non-hydrogen) atoms. The maximum absolute atomic E-state index is 13.6. The smallest absolute Gasteiger partial charge is 0.446 e. The lowest BCUT2D eigenvalue weighted by Gasteiger charge is -2.30. The van der Waals surface area contributed by atoms with Gasteiger partial charge in [0.1, 0.15) is 6.10 Å². The number of oxazole rings is 1. The van der Waals surface area contributed by atoms with E-state index in [4.69, 9.17) is 9.15 Å². The van der Waals surface area contributed by atoms with Gasteiger partial charge in [0.15, 0.2) is 5.69 Å². The van der Waals surface area contributed by atoms with Crippen LogP contribution in [0.25, 0.3) is 11.5 Å². The molecule has 1 aliphatic carbocycles. The number of aromatic nitrogens is 1. The highest BCUT2D eigenvalue weighted by atomic mass is 19.4. The predicted octanol–water partition coefficient (Wildman–Crippen LogP) is 6.86. The standard InChI is InChI=1S/C28H31F3N4O4/c1-27(2,3)35-26(37)38-21-15-13-19(14-16-21)32-18-9-11-20(12-10-18)33-24(36)22-23(28(29,30)31)39-25(34-22)17-7-5-4-6-8-17/h4-12,19,21,32H,13-16H2,1-3H3,(H,33,36)(H,35,37). The minimum absolute atomic E-state index is 0.136. The highest BCUT2D eigenvalue weighted by Gasteiger charge is 2.42. The van der Waals surface area contributed by atoms with Crippen LogP contribution in [0.1, 0.15) is 62.7 Å². The number of nitrogens with one attached hydrogen (secondary N) is 3. The van der Waals surface area contributed by atoms with Gasteiger partial charge in [0, 0.05) is 28.5 Å². The highest BCUT2D eigenvalue weighted by Crippen LogP contribution is 2.35. The number of carbonyl (C=O) groups excluding carboxylic acids is 2. The summed E-state index contributed by atoms with van der Waals surface area (Å²) < 4.78 is 51.1. The van der Waals surface area contributed by atoms with Gasteiger partial charge >= 0.3 is 12.3 Å². The molecular weight excluding hydrogens is 513 g/mol. The van der Waals surface area contributed by atoms with Crippen molar-refractivity contribution in [3.63, 3.8) is 0 Å². The lowest BCUT2D eigenvalue weighted by molar-refractivity contribution is -0.153. The largest absolute Gasteiger partial charge is 0.452 e. The Hall–Kier alpha value is -4.02. The van der Waals surface area contributed by atoms with E-state index in [0.29, 0.717) is 11.3 Å². The zero-order valence-corrected chi connectivity index (χ0v) is 21.9. The molecule has 0 bridgehead atoms. The Bertz CT molecular complexity index is 1280. The van der Waals surface area contributed by atoms with Crippen LogP contribution in [0.4, 0.5) is 29.3 Å². The summed E-state index contributed by atoms with van der Waals surface area (Å²) in [7, 11) is 0. The average Bonchev–Trinajstić information content (AvgIpc) is 3.33. The molecule has 0 radical (unpaired) electrons. The Morgan fingerprint density at radius 2 is 1.54 bits per heavy atom. The molecule has 0 saturated heterocycles. The lowest BCUT2D eigenvalue weighted by Crippen LogP contribution is -2.43. The molecule has 2 aromatic carbocycles. The molecule has 1 saturated carbocycles. The fraction of sp³-hybridized carbons (Fsp3) is 0.393. The summed E-state index contributed by atoms with van der Waals surface area (Å²) in [5.74, 6) is -2.77. The van der Waals surface area contributed by atoms with E-state index in [1.54, 1.807) is 54.6 Å². The maximum atomic E-state index is 13.6. The number of hydrogen-bond acceptors (Lipinski definition) is 6. The molecule has 0 atom stereocenters. The average molecular weight is 545 g/mol. The molecule has 8 nitrogen and oxygen atoms in total. The van der Waals surface area contributed by atoms with Crippen LogP contribution in [0.3, 0.4) is 0 Å². The molecule has 1 aromatic heterocycles. The van der Waals surface area contributed by atoms with Crippen molar-refractivity contribution in [3.05, 3.63) is 66.1 Å². The summed E-state index contributed by atoms with van der Waals surface area (Å²) in [6.07, 6.45) is -2.36. The van der Waals surface area contributed by atoms with Gasteiger partial charge in [-0.3, -0.25) is 4.79 Å². The first-order chi connectivity index (χ1) is 18.4. The van der Waals surface area contributed by atoms with E-state index >= 15 is 0 Å². The van der Waals surface area contributed by atoms with Gasteiger partial charge in [0.2, 0.25) is 11.7 Å².